The molecular weight excluding hydrogens is 379 g/mol. The molecule has 28 heavy (non-hydrogen) atoms. The summed E-state index contributed by atoms with van der Waals surface area (Å²) in [7, 11) is 0. The summed E-state index contributed by atoms with van der Waals surface area (Å²) in [4.78, 5) is 15.5. The van der Waals surface area contributed by atoms with Crippen LogP contribution in [0.15, 0.2) is 45.6 Å². The quantitative estimate of drug-likeness (QED) is 0.685. The van der Waals surface area contributed by atoms with Crippen molar-refractivity contribution < 1.29 is 13.7 Å². The number of hydrogen-bond donors (Lipinski definition) is 1. The molecule has 1 aliphatic rings. The minimum absolute atomic E-state index is 0.182. The number of aryl methyl sites for hydroxylation is 2. The highest BCUT2D eigenvalue weighted by Crippen LogP contribution is 2.30. The van der Waals surface area contributed by atoms with E-state index in [1.54, 1.807) is 12.1 Å². The van der Waals surface area contributed by atoms with Crippen molar-refractivity contribution >= 4 is 28.3 Å². The fourth-order valence-electron chi connectivity index (χ4n) is 4.11. The number of nitrogens with one attached hydrogen (secondary N) is 1. The molecule has 0 saturated carbocycles. The minimum Gasteiger partial charge on any atom is -0.423 e. The number of rotatable bonds is 3. The van der Waals surface area contributed by atoms with Gasteiger partial charge in [0.2, 0.25) is 0 Å². The summed E-state index contributed by atoms with van der Waals surface area (Å²) < 4.78 is 19.5. The van der Waals surface area contributed by atoms with E-state index in [1.807, 2.05) is 32.0 Å². The second kappa shape index (κ2) is 7.57. The van der Waals surface area contributed by atoms with Gasteiger partial charge in [0.1, 0.15) is 17.9 Å². The van der Waals surface area contributed by atoms with Crippen molar-refractivity contribution in [3.8, 4) is 0 Å². The van der Waals surface area contributed by atoms with Gasteiger partial charge < -0.3 is 14.2 Å². The molecule has 6 heteroatoms. The molecule has 0 bridgehead atoms. The minimum atomic E-state index is -0.340. The zero-order valence-electron chi connectivity index (χ0n) is 16.0. The Kier molecular flexibility index (Phi) is 5.13. The van der Waals surface area contributed by atoms with Crippen LogP contribution in [0, 0.1) is 19.7 Å². The summed E-state index contributed by atoms with van der Waals surface area (Å²) in [5.41, 5.74) is 3.71. The number of piperazine rings is 1. The Morgan fingerprint density at radius 3 is 2.61 bits per heavy atom. The van der Waals surface area contributed by atoms with Crippen LogP contribution in [0.3, 0.4) is 0 Å². The van der Waals surface area contributed by atoms with Crippen LogP contribution in [0.2, 0.25) is 5.02 Å². The van der Waals surface area contributed by atoms with Crippen molar-refractivity contribution in [2.45, 2.75) is 20.4 Å². The van der Waals surface area contributed by atoms with Crippen LogP contribution in [0.25, 0.3) is 11.0 Å². The topological polar surface area (TPSA) is 37.9 Å². The number of para-hydroxylation sites is 1. The lowest BCUT2D eigenvalue weighted by molar-refractivity contribution is -0.914. The molecule has 1 fully saturated rings. The Bertz CT molecular complexity index is 1090. The summed E-state index contributed by atoms with van der Waals surface area (Å²) >= 11 is 6.44. The van der Waals surface area contributed by atoms with Gasteiger partial charge in [-0.3, -0.25) is 0 Å². The van der Waals surface area contributed by atoms with Gasteiger partial charge in [0.05, 0.1) is 31.9 Å². The summed E-state index contributed by atoms with van der Waals surface area (Å²) in [6.45, 7) is 7.88. The van der Waals surface area contributed by atoms with E-state index >= 15 is 0 Å². The monoisotopic (exact) mass is 401 g/mol. The second-order valence-corrected chi connectivity index (χ2v) is 7.84. The van der Waals surface area contributed by atoms with Gasteiger partial charge in [0.15, 0.2) is 0 Å². The van der Waals surface area contributed by atoms with Crippen molar-refractivity contribution in [1.29, 1.82) is 0 Å². The fraction of sp³-hybridized carbons (Fsp3) is 0.318. The predicted octanol–water partition coefficient (Wildman–Crippen LogP) is 3.11. The molecule has 1 aliphatic heterocycles. The average Bonchev–Trinajstić information content (AvgIpc) is 2.67. The lowest BCUT2D eigenvalue weighted by Gasteiger charge is -2.34. The van der Waals surface area contributed by atoms with E-state index in [4.69, 9.17) is 16.0 Å². The van der Waals surface area contributed by atoms with Gasteiger partial charge in [-0.05, 0) is 43.2 Å². The van der Waals surface area contributed by atoms with Crippen molar-refractivity contribution in [2.75, 3.05) is 31.1 Å². The Labute approximate surface area is 168 Å². The lowest BCUT2D eigenvalue weighted by Crippen LogP contribution is -3.13. The summed E-state index contributed by atoms with van der Waals surface area (Å²) in [6.07, 6.45) is 0. The van der Waals surface area contributed by atoms with Crippen LogP contribution >= 0.6 is 11.6 Å². The first kappa shape index (κ1) is 19.0. The molecule has 0 atom stereocenters. The molecule has 4 nitrogen and oxygen atoms in total. The van der Waals surface area contributed by atoms with Gasteiger partial charge in [-0.1, -0.05) is 23.7 Å². The molecule has 1 aromatic heterocycles. The number of quaternary nitrogens is 1. The average molecular weight is 402 g/mol. The molecule has 0 spiro atoms. The normalized spacial score (nSPS) is 15.4. The van der Waals surface area contributed by atoms with Crippen LogP contribution in [0.1, 0.15) is 16.7 Å². The molecule has 0 aliphatic carbocycles. The Morgan fingerprint density at radius 2 is 1.89 bits per heavy atom. The molecule has 4 rings (SSSR count). The first-order valence-electron chi connectivity index (χ1n) is 9.49. The van der Waals surface area contributed by atoms with Crippen LogP contribution in [0.5, 0.6) is 0 Å². The zero-order chi connectivity index (χ0) is 19.8. The van der Waals surface area contributed by atoms with Crippen molar-refractivity contribution in [3.63, 3.8) is 0 Å². The highest BCUT2D eigenvalue weighted by atomic mass is 35.5. The van der Waals surface area contributed by atoms with E-state index in [0.717, 1.165) is 48.3 Å². The molecule has 146 valence electrons. The first-order chi connectivity index (χ1) is 13.4. The Hall–Kier alpha value is -2.37. The van der Waals surface area contributed by atoms with Gasteiger partial charge in [-0.2, -0.15) is 0 Å². The van der Waals surface area contributed by atoms with E-state index in [1.165, 1.54) is 11.0 Å². The maximum Gasteiger partial charge on any atom is 0.336 e. The summed E-state index contributed by atoms with van der Waals surface area (Å²) in [5, 5.41) is 1.64. The van der Waals surface area contributed by atoms with Crippen molar-refractivity contribution in [3.05, 3.63) is 74.3 Å². The van der Waals surface area contributed by atoms with Crippen LogP contribution < -0.4 is 15.4 Å². The largest absolute Gasteiger partial charge is 0.423 e. The smallest absolute Gasteiger partial charge is 0.336 e. The van der Waals surface area contributed by atoms with Crippen molar-refractivity contribution in [2.24, 2.45) is 0 Å². The number of benzene rings is 2. The van der Waals surface area contributed by atoms with E-state index in [0.29, 0.717) is 22.8 Å². The van der Waals surface area contributed by atoms with Gasteiger partial charge in [-0.15, -0.1) is 0 Å². The molecule has 0 radical (unpaired) electrons. The SMILES string of the molecule is Cc1cc2oc(=O)cc(C[NH+]3CCN(c4ccccc4F)CC3)c2c(C)c1Cl. The molecule has 0 amide bonds. The highest BCUT2D eigenvalue weighted by molar-refractivity contribution is 6.33. The van der Waals surface area contributed by atoms with E-state index in [-0.39, 0.29) is 11.4 Å². The third-order valence-corrected chi connectivity index (χ3v) is 6.15. The number of fused-ring (bicyclic) bond motifs is 1. The first-order valence-corrected chi connectivity index (χ1v) is 9.87. The highest BCUT2D eigenvalue weighted by Gasteiger charge is 2.24. The summed E-state index contributed by atoms with van der Waals surface area (Å²) in [6, 6.07) is 10.3. The van der Waals surface area contributed by atoms with E-state index < -0.39 is 0 Å². The summed E-state index contributed by atoms with van der Waals surface area (Å²) in [5.74, 6) is -0.182. The number of hydrogen-bond acceptors (Lipinski definition) is 3. The maximum atomic E-state index is 14.0. The van der Waals surface area contributed by atoms with Crippen LogP contribution in [0.4, 0.5) is 10.1 Å². The number of nitrogens with zero attached hydrogens (tertiary/aromatic N) is 1. The molecule has 3 aromatic rings. The van der Waals surface area contributed by atoms with Gasteiger partial charge in [0.25, 0.3) is 0 Å². The predicted molar refractivity (Wildman–Crippen MR) is 110 cm³/mol. The Morgan fingerprint density at radius 1 is 1.18 bits per heavy atom. The van der Waals surface area contributed by atoms with E-state index in [9.17, 15) is 9.18 Å². The molecule has 2 heterocycles. The van der Waals surface area contributed by atoms with Gasteiger partial charge in [-0.25, -0.2) is 9.18 Å². The van der Waals surface area contributed by atoms with Gasteiger partial charge >= 0.3 is 5.63 Å². The maximum absolute atomic E-state index is 14.0. The van der Waals surface area contributed by atoms with Crippen LogP contribution in [-0.4, -0.2) is 26.2 Å². The molecule has 2 aromatic carbocycles. The zero-order valence-corrected chi connectivity index (χ0v) is 16.8. The molecule has 0 unspecified atom stereocenters. The second-order valence-electron chi connectivity index (χ2n) is 7.46. The standard InChI is InChI=1S/C22H22ClFN2O2/c1-14-11-19-21(15(2)22(14)23)16(12-20(27)28-19)13-25-7-9-26(10-8-25)18-6-4-3-5-17(18)24/h3-6,11-12H,7-10,13H2,1-2H3/p+1. The fourth-order valence-corrected chi connectivity index (χ4v) is 4.26. The third-order valence-electron chi connectivity index (χ3n) is 5.57. The molecule has 1 N–H and O–H groups in total. The number of anilines is 1. The van der Waals surface area contributed by atoms with Crippen molar-refractivity contribution in [1.82, 2.24) is 0 Å². The molecular formula is C22H23ClFN2O2+. The third kappa shape index (κ3) is 3.52. The van der Waals surface area contributed by atoms with E-state index in [2.05, 4.69) is 4.90 Å². The molecule has 1 saturated heterocycles. The lowest BCUT2D eigenvalue weighted by atomic mass is 10.0. The Balaban J connectivity index is 1.57. The van der Waals surface area contributed by atoms with Gasteiger partial charge in [0, 0.05) is 22.0 Å². The van der Waals surface area contributed by atoms with Crippen LogP contribution in [-0.2, 0) is 6.54 Å². The number of halogens is 2.